The smallest absolute Gasteiger partial charge is 0.128 e. The van der Waals surface area contributed by atoms with E-state index in [1.165, 1.54) is 49.0 Å². The lowest BCUT2D eigenvalue weighted by Gasteiger charge is -2.23. The third kappa shape index (κ3) is 5.51. The summed E-state index contributed by atoms with van der Waals surface area (Å²) in [6.07, 6.45) is -0.326. The zero-order chi connectivity index (χ0) is 29.2. The van der Waals surface area contributed by atoms with Crippen LogP contribution in [0.5, 0.6) is 0 Å². The Morgan fingerprint density at radius 1 is 0.535 bits per heavy atom. The van der Waals surface area contributed by atoms with Crippen molar-refractivity contribution in [1.82, 2.24) is 5.32 Å². The van der Waals surface area contributed by atoms with E-state index in [9.17, 15) is 0 Å². The molecule has 3 N–H and O–H groups in total. The van der Waals surface area contributed by atoms with Gasteiger partial charge in [0.15, 0.2) is 0 Å². The maximum Gasteiger partial charge on any atom is 0.128 e. The van der Waals surface area contributed by atoms with Crippen molar-refractivity contribution in [2.75, 3.05) is 0 Å². The first-order valence-corrected chi connectivity index (χ1v) is 14.8. The molecule has 0 aromatic heterocycles. The van der Waals surface area contributed by atoms with E-state index >= 15 is 0 Å². The number of hydrogen-bond donors (Lipinski definition) is 2. The summed E-state index contributed by atoms with van der Waals surface area (Å²) < 4.78 is 0. The first kappa shape index (κ1) is 26.6. The van der Waals surface area contributed by atoms with Gasteiger partial charge in [0.05, 0.1) is 0 Å². The number of fused-ring (bicyclic) bond motifs is 4. The van der Waals surface area contributed by atoms with Gasteiger partial charge in [-0.3, -0.25) is 5.32 Å². The minimum atomic E-state index is -0.326. The van der Waals surface area contributed by atoms with Crippen LogP contribution in [0.1, 0.15) is 35.8 Å². The minimum absolute atomic E-state index is 0.0355. The van der Waals surface area contributed by atoms with Gasteiger partial charge in [0.2, 0.25) is 0 Å². The van der Waals surface area contributed by atoms with Gasteiger partial charge in [0.25, 0.3) is 0 Å². The summed E-state index contributed by atoms with van der Waals surface area (Å²) in [5, 5.41) is 11.3. The molecule has 3 nitrogen and oxygen atoms in total. The zero-order valence-electron chi connectivity index (χ0n) is 24.1. The summed E-state index contributed by atoms with van der Waals surface area (Å²) in [6, 6.07) is 53.4. The molecule has 3 heteroatoms. The molecule has 7 aromatic carbocycles. The van der Waals surface area contributed by atoms with Gasteiger partial charge in [0.1, 0.15) is 12.0 Å². The van der Waals surface area contributed by atoms with E-state index in [1.54, 1.807) is 0 Å². The third-order valence-corrected chi connectivity index (χ3v) is 8.32. The van der Waals surface area contributed by atoms with Crippen LogP contribution in [0.4, 0.5) is 0 Å². The molecule has 0 fully saturated rings. The number of hydrogen-bond acceptors (Lipinski definition) is 2. The van der Waals surface area contributed by atoms with Gasteiger partial charge in [-0.15, -0.1) is 0 Å². The van der Waals surface area contributed by atoms with Gasteiger partial charge in [-0.05, 0) is 73.6 Å². The summed E-state index contributed by atoms with van der Waals surface area (Å²) in [6.45, 7) is 2.19. The monoisotopic (exact) mass is 555 g/mol. The molecule has 0 aliphatic heterocycles. The van der Waals surface area contributed by atoms with Crippen LogP contribution in [0.3, 0.4) is 0 Å². The second-order valence-electron chi connectivity index (χ2n) is 11.1. The normalized spacial score (nSPS) is 13.4. The molecule has 0 aliphatic carbocycles. The van der Waals surface area contributed by atoms with Crippen molar-refractivity contribution >= 4 is 38.2 Å². The Kier molecular flexibility index (Phi) is 7.16. The molecule has 0 saturated heterocycles. The maximum atomic E-state index is 6.56. The molecule has 0 radical (unpaired) electrons. The standard InChI is InChI=1S/C40H33N3/c1-27(33-23-24-38-36(25-33)22-18-30-10-7-8-14-37(30)38)42-40(43-39(41)31-11-3-2-4-12-31)32-19-15-29(16-20-32)35-21-17-28-9-5-6-13-34(28)26-35/h2-27,40,42H,1H3,(H2,41,43). The quantitative estimate of drug-likeness (QED) is 0.117. The number of benzene rings is 7. The summed E-state index contributed by atoms with van der Waals surface area (Å²) in [5.41, 5.74) is 12.1. The molecule has 7 rings (SSSR count). The number of nitrogens with zero attached hydrogens (tertiary/aromatic N) is 1. The van der Waals surface area contributed by atoms with E-state index in [1.807, 2.05) is 30.3 Å². The molecule has 2 atom stereocenters. The number of rotatable bonds is 7. The van der Waals surface area contributed by atoms with Crippen molar-refractivity contribution in [2.45, 2.75) is 19.1 Å². The van der Waals surface area contributed by atoms with Gasteiger partial charge >= 0.3 is 0 Å². The summed E-state index contributed by atoms with van der Waals surface area (Å²) in [5.74, 6) is 0.508. The molecular weight excluding hydrogens is 522 g/mol. The van der Waals surface area contributed by atoms with Crippen molar-refractivity contribution < 1.29 is 0 Å². The van der Waals surface area contributed by atoms with Gasteiger partial charge < -0.3 is 5.73 Å². The molecule has 0 aliphatic rings. The summed E-state index contributed by atoms with van der Waals surface area (Å²) in [7, 11) is 0. The highest BCUT2D eigenvalue weighted by molar-refractivity contribution is 6.07. The van der Waals surface area contributed by atoms with E-state index in [-0.39, 0.29) is 12.2 Å². The van der Waals surface area contributed by atoms with Crippen molar-refractivity contribution in [2.24, 2.45) is 10.7 Å². The van der Waals surface area contributed by atoms with Gasteiger partial charge in [-0.1, -0.05) is 140 Å². The molecular formula is C40H33N3. The highest BCUT2D eigenvalue weighted by Crippen LogP contribution is 2.30. The summed E-state index contributed by atoms with van der Waals surface area (Å²) in [4.78, 5) is 5.01. The Balaban J connectivity index is 1.21. The largest absolute Gasteiger partial charge is 0.383 e. The van der Waals surface area contributed by atoms with Crippen LogP contribution in [-0.2, 0) is 0 Å². The second-order valence-corrected chi connectivity index (χ2v) is 11.1. The first-order valence-electron chi connectivity index (χ1n) is 14.8. The molecule has 0 amide bonds. The average molecular weight is 556 g/mol. The molecule has 0 spiro atoms. The topological polar surface area (TPSA) is 50.4 Å². The van der Waals surface area contributed by atoms with Gasteiger partial charge in [-0.2, -0.15) is 0 Å². The number of aliphatic imine (C=N–C) groups is 1. The van der Waals surface area contributed by atoms with E-state index < -0.39 is 0 Å². The predicted molar refractivity (Wildman–Crippen MR) is 182 cm³/mol. The third-order valence-electron chi connectivity index (χ3n) is 8.32. The fraction of sp³-hybridized carbons (Fsp3) is 0.0750. The Bertz CT molecular complexity index is 2080. The van der Waals surface area contributed by atoms with E-state index in [0.29, 0.717) is 5.84 Å². The fourth-order valence-electron chi connectivity index (χ4n) is 5.89. The predicted octanol–water partition coefficient (Wildman–Crippen LogP) is 9.57. The van der Waals surface area contributed by atoms with Crippen molar-refractivity contribution in [1.29, 1.82) is 0 Å². The van der Waals surface area contributed by atoms with Crippen LogP contribution in [0, 0.1) is 0 Å². The van der Waals surface area contributed by atoms with Crippen molar-refractivity contribution in [3.63, 3.8) is 0 Å². The van der Waals surface area contributed by atoms with Crippen molar-refractivity contribution in [3.8, 4) is 11.1 Å². The van der Waals surface area contributed by atoms with Crippen LogP contribution < -0.4 is 11.1 Å². The van der Waals surface area contributed by atoms with E-state index in [0.717, 1.165) is 11.1 Å². The Hall–Kier alpha value is -5.25. The number of nitrogens with two attached hydrogens (primary N) is 1. The maximum absolute atomic E-state index is 6.56. The lowest BCUT2D eigenvalue weighted by Crippen LogP contribution is -2.26. The molecule has 0 saturated carbocycles. The van der Waals surface area contributed by atoms with Crippen LogP contribution in [0.2, 0.25) is 0 Å². The minimum Gasteiger partial charge on any atom is -0.383 e. The van der Waals surface area contributed by atoms with Crippen LogP contribution in [-0.4, -0.2) is 5.84 Å². The van der Waals surface area contributed by atoms with Crippen molar-refractivity contribution in [3.05, 3.63) is 168 Å². The number of nitrogens with one attached hydrogen (secondary N) is 1. The van der Waals surface area contributed by atoms with E-state index in [4.69, 9.17) is 10.7 Å². The lowest BCUT2D eigenvalue weighted by molar-refractivity contribution is 0.481. The van der Waals surface area contributed by atoms with Gasteiger partial charge in [-0.25, -0.2) is 4.99 Å². The molecule has 2 unspecified atom stereocenters. The lowest BCUT2D eigenvalue weighted by atomic mass is 9.97. The average Bonchev–Trinajstić information content (AvgIpc) is 3.07. The Morgan fingerprint density at radius 2 is 1.14 bits per heavy atom. The van der Waals surface area contributed by atoms with Crippen LogP contribution in [0.25, 0.3) is 43.4 Å². The van der Waals surface area contributed by atoms with Gasteiger partial charge in [0, 0.05) is 11.6 Å². The summed E-state index contributed by atoms with van der Waals surface area (Å²) >= 11 is 0. The molecule has 0 heterocycles. The van der Waals surface area contributed by atoms with E-state index in [2.05, 4.69) is 134 Å². The first-order chi connectivity index (χ1) is 21.1. The Labute approximate surface area is 252 Å². The fourth-order valence-corrected chi connectivity index (χ4v) is 5.89. The molecule has 0 bridgehead atoms. The molecule has 208 valence electrons. The SMILES string of the molecule is CC(NC(N=C(N)c1ccccc1)c1ccc(-c2ccc3ccccc3c2)cc1)c1ccc2c(ccc3ccccc32)c1. The highest BCUT2D eigenvalue weighted by atomic mass is 15.1. The number of amidine groups is 1. The molecule has 43 heavy (non-hydrogen) atoms. The Morgan fingerprint density at radius 3 is 1.95 bits per heavy atom. The second kappa shape index (κ2) is 11.6. The van der Waals surface area contributed by atoms with Crippen LogP contribution >= 0.6 is 0 Å². The highest BCUT2D eigenvalue weighted by Gasteiger charge is 2.17. The molecule has 7 aromatic rings. The zero-order valence-corrected chi connectivity index (χ0v) is 24.1. The van der Waals surface area contributed by atoms with Crippen LogP contribution in [0.15, 0.2) is 157 Å².